The fourth-order valence-electron chi connectivity index (χ4n) is 2.87. The summed E-state index contributed by atoms with van der Waals surface area (Å²) in [6.45, 7) is 3.82. The van der Waals surface area contributed by atoms with E-state index in [1.807, 2.05) is 0 Å². The lowest BCUT2D eigenvalue weighted by molar-refractivity contribution is 0.0331. The van der Waals surface area contributed by atoms with Crippen molar-refractivity contribution in [2.75, 3.05) is 31.6 Å². The summed E-state index contributed by atoms with van der Waals surface area (Å²) < 4.78 is 6.97. The number of thiophene rings is 1. The van der Waals surface area contributed by atoms with Gasteiger partial charge in [0.1, 0.15) is 22.3 Å². The molecule has 0 aromatic carbocycles. The molecule has 1 aliphatic heterocycles. The number of nitrogens with zero attached hydrogens (tertiary/aromatic N) is 6. The van der Waals surface area contributed by atoms with E-state index in [0.29, 0.717) is 34.4 Å². The van der Waals surface area contributed by atoms with Gasteiger partial charge in [0.2, 0.25) is 0 Å². The maximum Gasteiger partial charge on any atom is 0.251 e. The molecule has 146 valence electrons. The molecule has 0 bridgehead atoms. The van der Waals surface area contributed by atoms with Gasteiger partial charge in [0.15, 0.2) is 0 Å². The predicted octanol–water partition coefficient (Wildman–Crippen LogP) is 1.01. The van der Waals surface area contributed by atoms with Crippen LogP contribution in [0.5, 0.6) is 0 Å². The molecule has 10 nitrogen and oxygen atoms in total. The zero-order chi connectivity index (χ0) is 19.5. The molecule has 1 aliphatic rings. The molecule has 3 aromatic rings. The molecule has 4 rings (SSSR count). The molecule has 4 heterocycles. The molecule has 3 N–H and O–H groups in total. The molecule has 3 aromatic heterocycles. The Balaban J connectivity index is 1.55. The van der Waals surface area contributed by atoms with Crippen LogP contribution in [0.15, 0.2) is 24.5 Å². The number of morpholine rings is 1. The second-order valence-corrected chi connectivity index (χ2v) is 7.42. The highest BCUT2D eigenvalue weighted by Gasteiger charge is 2.18. The Kier molecular flexibility index (Phi) is 5.28. The summed E-state index contributed by atoms with van der Waals surface area (Å²) in [5, 5.41) is 11.8. The maximum absolute atomic E-state index is 11.9. The Morgan fingerprint density at radius 1 is 1.39 bits per heavy atom. The fourth-order valence-corrected chi connectivity index (χ4v) is 3.89. The third-order valence-corrected chi connectivity index (χ3v) is 5.34. The molecule has 28 heavy (non-hydrogen) atoms. The number of ether oxygens (including phenoxy) is 1. The molecule has 1 saturated heterocycles. The average Bonchev–Trinajstić information content (AvgIpc) is 3.29. The first kappa shape index (κ1) is 18.5. The van der Waals surface area contributed by atoms with E-state index in [9.17, 15) is 4.79 Å². The number of nitrogens with one attached hydrogen (secondary N) is 1. The number of hydrogen-bond acceptors (Lipinski definition) is 9. The van der Waals surface area contributed by atoms with Crippen molar-refractivity contribution in [2.45, 2.75) is 6.54 Å². The second-order valence-electron chi connectivity index (χ2n) is 6.37. The molecule has 0 saturated carbocycles. The number of nitrogens with two attached hydrogens (primary N) is 1. The summed E-state index contributed by atoms with van der Waals surface area (Å²) in [7, 11) is 1.79. The highest BCUT2D eigenvalue weighted by Crippen LogP contribution is 2.35. The quantitative estimate of drug-likeness (QED) is 0.628. The molecular formula is C17H20N8O2S. The Labute approximate surface area is 165 Å². The first-order valence-corrected chi connectivity index (χ1v) is 9.59. The average molecular weight is 400 g/mol. The summed E-state index contributed by atoms with van der Waals surface area (Å²) in [5.74, 6) is 0.794. The summed E-state index contributed by atoms with van der Waals surface area (Å²) in [5.41, 5.74) is 6.62. The highest BCUT2D eigenvalue weighted by molar-refractivity contribution is 7.19. The third kappa shape index (κ3) is 4.16. The molecule has 11 heteroatoms. The van der Waals surface area contributed by atoms with Crippen LogP contribution < -0.4 is 11.1 Å². The van der Waals surface area contributed by atoms with E-state index in [-0.39, 0.29) is 0 Å². The molecule has 0 aliphatic carbocycles. The van der Waals surface area contributed by atoms with Gasteiger partial charge in [0.25, 0.3) is 5.91 Å². The van der Waals surface area contributed by atoms with Crippen molar-refractivity contribution in [3.8, 4) is 10.6 Å². The zero-order valence-electron chi connectivity index (χ0n) is 15.3. The number of aryl methyl sites for hydroxylation is 1. The number of carbonyl (C=O) groups excluding carboxylic acids is 1. The van der Waals surface area contributed by atoms with Crippen molar-refractivity contribution >= 4 is 28.1 Å². The van der Waals surface area contributed by atoms with E-state index in [2.05, 4.69) is 30.5 Å². The number of rotatable bonds is 6. The highest BCUT2D eigenvalue weighted by atomic mass is 32.1. The molecule has 1 amide bonds. The standard InChI is InChI=1S/C17H20N8O2S/c1-24-9-12(22-23-24)13-8-11(16(18)26)17(28-13)21-14-2-3-19-15(20-14)10-25-4-6-27-7-5-25/h2-3,8-9H,4-7,10H2,1H3,(H2,18,26)(H,19,20,21). The molecule has 1 fully saturated rings. The largest absolute Gasteiger partial charge is 0.379 e. The molecular weight excluding hydrogens is 380 g/mol. The Hall–Kier alpha value is -2.89. The Morgan fingerprint density at radius 2 is 2.21 bits per heavy atom. The van der Waals surface area contributed by atoms with Gasteiger partial charge in [-0.25, -0.2) is 9.97 Å². The Morgan fingerprint density at radius 3 is 2.93 bits per heavy atom. The van der Waals surface area contributed by atoms with Crippen molar-refractivity contribution in [3.05, 3.63) is 35.9 Å². The van der Waals surface area contributed by atoms with Gasteiger partial charge in [-0.05, 0) is 12.1 Å². The normalized spacial score (nSPS) is 14.9. The van der Waals surface area contributed by atoms with Crippen LogP contribution in [0.1, 0.15) is 16.2 Å². The predicted molar refractivity (Wildman–Crippen MR) is 104 cm³/mol. The van der Waals surface area contributed by atoms with E-state index in [4.69, 9.17) is 10.5 Å². The van der Waals surface area contributed by atoms with Gasteiger partial charge in [-0.3, -0.25) is 14.4 Å². The minimum absolute atomic E-state index is 0.388. The SMILES string of the molecule is Cn1cc(-c2cc(C(N)=O)c(Nc3ccnc(CN4CCOCC4)n3)s2)nn1. The van der Waals surface area contributed by atoms with Crippen LogP contribution in [0.25, 0.3) is 10.6 Å². The van der Waals surface area contributed by atoms with Gasteiger partial charge in [-0.2, -0.15) is 0 Å². The molecule has 0 radical (unpaired) electrons. The number of anilines is 2. The number of amides is 1. The maximum atomic E-state index is 11.9. The third-order valence-electron chi connectivity index (χ3n) is 4.27. The summed E-state index contributed by atoms with van der Waals surface area (Å²) in [6.07, 6.45) is 3.48. The molecule has 0 atom stereocenters. The van der Waals surface area contributed by atoms with Crippen LogP contribution in [-0.2, 0) is 18.3 Å². The summed E-state index contributed by atoms with van der Waals surface area (Å²) >= 11 is 1.38. The van der Waals surface area contributed by atoms with Crippen molar-refractivity contribution in [2.24, 2.45) is 12.8 Å². The molecule has 0 spiro atoms. The van der Waals surface area contributed by atoms with Crippen LogP contribution >= 0.6 is 11.3 Å². The van der Waals surface area contributed by atoms with Gasteiger partial charge < -0.3 is 15.8 Å². The van der Waals surface area contributed by atoms with Gasteiger partial charge in [0, 0.05) is 26.3 Å². The van der Waals surface area contributed by atoms with E-state index >= 15 is 0 Å². The van der Waals surface area contributed by atoms with E-state index < -0.39 is 5.91 Å². The number of carbonyl (C=O) groups is 1. The van der Waals surface area contributed by atoms with Crippen molar-refractivity contribution in [1.82, 2.24) is 29.9 Å². The van der Waals surface area contributed by atoms with Crippen LogP contribution in [0, 0.1) is 0 Å². The smallest absolute Gasteiger partial charge is 0.251 e. The minimum atomic E-state index is -0.517. The van der Waals surface area contributed by atoms with Gasteiger partial charge in [-0.1, -0.05) is 5.21 Å². The monoisotopic (exact) mass is 400 g/mol. The first-order valence-electron chi connectivity index (χ1n) is 8.78. The number of hydrogen-bond donors (Lipinski definition) is 2. The van der Waals surface area contributed by atoms with Crippen LogP contribution in [0.3, 0.4) is 0 Å². The lowest BCUT2D eigenvalue weighted by Gasteiger charge is -2.25. The summed E-state index contributed by atoms with van der Waals surface area (Å²) in [4.78, 5) is 23.8. The van der Waals surface area contributed by atoms with Crippen LogP contribution in [0.4, 0.5) is 10.8 Å². The van der Waals surface area contributed by atoms with E-state index in [1.54, 1.807) is 36.3 Å². The van der Waals surface area contributed by atoms with Crippen LogP contribution in [0.2, 0.25) is 0 Å². The Bertz CT molecular complexity index is 979. The van der Waals surface area contributed by atoms with Crippen molar-refractivity contribution in [1.29, 1.82) is 0 Å². The van der Waals surface area contributed by atoms with Crippen molar-refractivity contribution < 1.29 is 9.53 Å². The number of primary amides is 1. The van der Waals surface area contributed by atoms with Gasteiger partial charge in [-0.15, -0.1) is 16.4 Å². The number of aromatic nitrogens is 5. The minimum Gasteiger partial charge on any atom is -0.379 e. The van der Waals surface area contributed by atoms with E-state index in [0.717, 1.165) is 31.2 Å². The lowest BCUT2D eigenvalue weighted by atomic mass is 10.2. The van der Waals surface area contributed by atoms with Gasteiger partial charge >= 0.3 is 0 Å². The summed E-state index contributed by atoms with van der Waals surface area (Å²) in [6, 6.07) is 3.48. The lowest BCUT2D eigenvalue weighted by Crippen LogP contribution is -2.36. The second kappa shape index (κ2) is 8.00. The van der Waals surface area contributed by atoms with E-state index in [1.165, 1.54) is 11.3 Å². The van der Waals surface area contributed by atoms with Gasteiger partial charge in [0.05, 0.1) is 36.4 Å². The van der Waals surface area contributed by atoms with Crippen molar-refractivity contribution in [3.63, 3.8) is 0 Å². The first-order chi connectivity index (χ1) is 13.6. The van der Waals surface area contributed by atoms with Crippen LogP contribution in [-0.4, -0.2) is 62.1 Å². The fraction of sp³-hybridized carbons (Fsp3) is 0.353. The molecule has 0 unspecified atom stereocenters. The topological polar surface area (TPSA) is 124 Å². The zero-order valence-corrected chi connectivity index (χ0v) is 16.1.